The maximum Gasteiger partial charge on any atom is 0.140 e. The summed E-state index contributed by atoms with van der Waals surface area (Å²) in [5.74, 6) is 1.80. The maximum atomic E-state index is 5.61. The van der Waals surface area contributed by atoms with Crippen LogP contribution >= 0.6 is 11.6 Å². The van der Waals surface area contributed by atoms with E-state index < -0.39 is 0 Å². The number of rotatable bonds is 9. The summed E-state index contributed by atoms with van der Waals surface area (Å²) < 4.78 is 1.92. The van der Waals surface area contributed by atoms with Gasteiger partial charge in [0.25, 0.3) is 0 Å². The lowest BCUT2D eigenvalue weighted by atomic mass is 10.2. The Balaban J connectivity index is 2.03. The molecule has 1 rings (SSSR count). The second-order valence-electron chi connectivity index (χ2n) is 3.77. The van der Waals surface area contributed by atoms with E-state index in [1.807, 2.05) is 4.68 Å². The van der Waals surface area contributed by atoms with E-state index in [1.165, 1.54) is 19.3 Å². The quantitative estimate of drug-likeness (QED) is 0.535. The van der Waals surface area contributed by atoms with Gasteiger partial charge in [-0.1, -0.05) is 12.8 Å². The molecule has 0 bridgehead atoms. The maximum absolute atomic E-state index is 5.61. The minimum atomic E-state index is 0.785. The van der Waals surface area contributed by atoms with E-state index in [4.69, 9.17) is 11.6 Å². The number of alkyl halides is 1. The Morgan fingerprint density at radius 1 is 1.31 bits per heavy atom. The molecule has 1 aromatic rings. The Labute approximate surface area is 102 Å². The van der Waals surface area contributed by atoms with E-state index in [-0.39, 0.29) is 0 Å². The summed E-state index contributed by atoms with van der Waals surface area (Å²) in [5.41, 5.74) is 0. The smallest absolute Gasteiger partial charge is 0.140 e. The average Bonchev–Trinajstić information content (AvgIpc) is 2.75. The first-order chi connectivity index (χ1) is 7.88. The molecular weight excluding hydrogens is 224 g/mol. The topological polar surface area (TPSA) is 42.7 Å². The fraction of sp³-hybridized carbons (Fsp3) is 0.818. The summed E-state index contributed by atoms with van der Waals surface area (Å²) in [6, 6.07) is 0. The Morgan fingerprint density at radius 3 is 2.88 bits per heavy atom. The van der Waals surface area contributed by atoms with Crippen LogP contribution in [0.4, 0.5) is 0 Å². The van der Waals surface area contributed by atoms with Crippen LogP contribution in [0.5, 0.6) is 0 Å². The van der Waals surface area contributed by atoms with E-state index in [2.05, 4.69) is 22.3 Å². The first kappa shape index (κ1) is 13.5. The predicted molar refractivity (Wildman–Crippen MR) is 66.6 cm³/mol. The lowest BCUT2D eigenvalue weighted by Gasteiger charge is -2.05. The van der Waals surface area contributed by atoms with Crippen LogP contribution < -0.4 is 5.32 Å². The van der Waals surface area contributed by atoms with Gasteiger partial charge in [0, 0.05) is 12.4 Å². The van der Waals surface area contributed by atoms with Gasteiger partial charge in [-0.3, -0.25) is 0 Å². The summed E-state index contributed by atoms with van der Waals surface area (Å²) in [4.78, 5) is 4.21. The molecule has 0 amide bonds. The van der Waals surface area contributed by atoms with Gasteiger partial charge in [0.05, 0.1) is 6.54 Å². The van der Waals surface area contributed by atoms with Crippen molar-refractivity contribution in [1.29, 1.82) is 0 Å². The van der Waals surface area contributed by atoms with Gasteiger partial charge >= 0.3 is 0 Å². The van der Waals surface area contributed by atoms with E-state index >= 15 is 0 Å². The molecule has 5 heteroatoms. The number of unbranched alkanes of at least 4 members (excludes halogenated alkanes) is 3. The van der Waals surface area contributed by atoms with Gasteiger partial charge in [0.1, 0.15) is 12.2 Å². The molecule has 1 heterocycles. The number of nitrogens with one attached hydrogen (secondary N) is 1. The lowest BCUT2D eigenvalue weighted by molar-refractivity contribution is 0.551. The zero-order valence-electron chi connectivity index (χ0n) is 9.95. The van der Waals surface area contributed by atoms with E-state index in [0.29, 0.717) is 0 Å². The van der Waals surface area contributed by atoms with Crippen molar-refractivity contribution in [3.8, 4) is 0 Å². The Kier molecular flexibility index (Phi) is 7.17. The molecule has 1 N–H and O–H groups in total. The van der Waals surface area contributed by atoms with E-state index in [0.717, 1.165) is 37.8 Å². The van der Waals surface area contributed by atoms with E-state index in [1.54, 1.807) is 6.33 Å². The average molecular weight is 245 g/mol. The fourth-order valence-electron chi connectivity index (χ4n) is 1.59. The zero-order chi connectivity index (χ0) is 11.6. The van der Waals surface area contributed by atoms with Crippen LogP contribution in [-0.2, 0) is 13.1 Å². The van der Waals surface area contributed by atoms with Gasteiger partial charge < -0.3 is 5.32 Å². The van der Waals surface area contributed by atoms with Gasteiger partial charge in [0.15, 0.2) is 0 Å². The minimum absolute atomic E-state index is 0.785. The SMILES string of the molecule is CCn1ncnc1CNCCCCCCCl. The summed E-state index contributed by atoms with van der Waals surface area (Å²) in [7, 11) is 0. The lowest BCUT2D eigenvalue weighted by Crippen LogP contribution is -2.18. The molecule has 0 radical (unpaired) electrons. The summed E-state index contributed by atoms with van der Waals surface area (Å²) in [6.07, 6.45) is 6.43. The third kappa shape index (κ3) is 4.94. The van der Waals surface area contributed by atoms with Crippen LogP contribution in [0.25, 0.3) is 0 Å². The van der Waals surface area contributed by atoms with E-state index in [9.17, 15) is 0 Å². The zero-order valence-corrected chi connectivity index (χ0v) is 10.7. The highest BCUT2D eigenvalue weighted by Crippen LogP contribution is 2.00. The standard InChI is InChI=1S/C11H21ClN4/c1-2-16-11(14-10-15-16)9-13-8-6-4-3-5-7-12/h10,13H,2-9H2,1H3. The molecule has 1 aromatic heterocycles. The molecule has 0 saturated heterocycles. The molecular formula is C11H21ClN4. The third-order valence-electron chi connectivity index (χ3n) is 2.52. The van der Waals surface area contributed by atoms with Crippen molar-refractivity contribution >= 4 is 11.6 Å². The summed E-state index contributed by atoms with van der Waals surface area (Å²) in [6.45, 7) is 4.80. The van der Waals surface area contributed by atoms with Gasteiger partial charge in [0.2, 0.25) is 0 Å². The Morgan fingerprint density at radius 2 is 2.12 bits per heavy atom. The van der Waals surface area contributed by atoms with Crippen molar-refractivity contribution in [3.63, 3.8) is 0 Å². The largest absolute Gasteiger partial charge is 0.310 e. The molecule has 0 aliphatic carbocycles. The van der Waals surface area contributed by atoms with Crippen LogP contribution in [0.1, 0.15) is 38.4 Å². The summed E-state index contributed by atoms with van der Waals surface area (Å²) in [5, 5.41) is 7.51. The molecule has 0 atom stereocenters. The highest BCUT2D eigenvalue weighted by molar-refractivity contribution is 6.17. The van der Waals surface area contributed by atoms with Gasteiger partial charge in [-0.15, -0.1) is 11.6 Å². The monoisotopic (exact) mass is 244 g/mol. The Hall–Kier alpha value is -0.610. The van der Waals surface area contributed by atoms with Gasteiger partial charge in [-0.25, -0.2) is 9.67 Å². The number of hydrogen-bond acceptors (Lipinski definition) is 3. The highest BCUT2D eigenvalue weighted by Gasteiger charge is 2.00. The number of nitrogens with zero attached hydrogens (tertiary/aromatic N) is 3. The molecule has 16 heavy (non-hydrogen) atoms. The molecule has 0 saturated carbocycles. The van der Waals surface area contributed by atoms with Crippen LogP contribution in [0, 0.1) is 0 Å². The normalized spacial score (nSPS) is 10.9. The number of aromatic nitrogens is 3. The molecule has 0 fully saturated rings. The first-order valence-electron chi connectivity index (χ1n) is 6.01. The third-order valence-corrected chi connectivity index (χ3v) is 2.78. The Bertz CT molecular complexity index is 275. The van der Waals surface area contributed by atoms with Crippen molar-refractivity contribution in [3.05, 3.63) is 12.2 Å². The molecule has 4 nitrogen and oxygen atoms in total. The number of aryl methyl sites for hydroxylation is 1. The van der Waals surface area contributed by atoms with Gasteiger partial charge in [-0.2, -0.15) is 5.10 Å². The van der Waals surface area contributed by atoms with Crippen molar-refractivity contribution in [1.82, 2.24) is 20.1 Å². The fourth-order valence-corrected chi connectivity index (χ4v) is 1.78. The minimum Gasteiger partial charge on any atom is -0.310 e. The van der Waals surface area contributed by atoms with Crippen LogP contribution in [-0.4, -0.2) is 27.2 Å². The second kappa shape index (κ2) is 8.53. The number of hydrogen-bond donors (Lipinski definition) is 1. The van der Waals surface area contributed by atoms with Crippen LogP contribution in [0.15, 0.2) is 6.33 Å². The molecule has 0 unspecified atom stereocenters. The summed E-state index contributed by atoms with van der Waals surface area (Å²) >= 11 is 5.61. The van der Waals surface area contributed by atoms with Crippen LogP contribution in [0.2, 0.25) is 0 Å². The van der Waals surface area contributed by atoms with Crippen molar-refractivity contribution < 1.29 is 0 Å². The predicted octanol–water partition coefficient (Wildman–Crippen LogP) is 2.19. The first-order valence-corrected chi connectivity index (χ1v) is 6.55. The molecule has 0 aromatic carbocycles. The number of halogens is 1. The molecule has 92 valence electrons. The molecule has 0 aliphatic rings. The van der Waals surface area contributed by atoms with Crippen molar-refractivity contribution in [2.24, 2.45) is 0 Å². The van der Waals surface area contributed by atoms with Gasteiger partial charge in [-0.05, 0) is 26.3 Å². The van der Waals surface area contributed by atoms with Crippen molar-refractivity contribution in [2.45, 2.75) is 45.7 Å². The molecule has 0 aliphatic heterocycles. The molecule has 0 spiro atoms. The van der Waals surface area contributed by atoms with Crippen molar-refractivity contribution in [2.75, 3.05) is 12.4 Å². The van der Waals surface area contributed by atoms with Crippen LogP contribution in [0.3, 0.4) is 0 Å². The second-order valence-corrected chi connectivity index (χ2v) is 4.15. The highest BCUT2D eigenvalue weighted by atomic mass is 35.5.